The van der Waals surface area contributed by atoms with Crippen molar-refractivity contribution in [2.45, 2.75) is 52.6 Å². The van der Waals surface area contributed by atoms with Gasteiger partial charge in [0.2, 0.25) is 6.23 Å². The number of amides is 2. The van der Waals surface area contributed by atoms with E-state index in [1.165, 1.54) is 11.0 Å². The number of hydrogen-bond donors (Lipinski definition) is 5. The maximum absolute atomic E-state index is 14.2. The largest absolute Gasteiger partial charge is 0.481 e. The SMILES string of the molecule is CC(=O)O.CCOC(C(=O)NCc1ccc(C(=N)N)cc1NCc1ccccc1F)N1Cc2ccc(N3CCCC3)cc2C1=O. The third kappa shape index (κ3) is 8.36. The Hall–Kier alpha value is -4.97. The zero-order valence-electron chi connectivity index (χ0n) is 25.4. The molecule has 2 amide bonds. The van der Waals surface area contributed by atoms with Gasteiger partial charge in [-0.3, -0.25) is 19.8 Å². The molecular formula is C33H39FN6O5. The van der Waals surface area contributed by atoms with Gasteiger partial charge in [0.1, 0.15) is 11.7 Å². The number of benzene rings is 3. The first kappa shape index (κ1) is 32.9. The maximum Gasteiger partial charge on any atom is 0.300 e. The molecule has 5 rings (SSSR count). The summed E-state index contributed by atoms with van der Waals surface area (Å²) in [5.41, 5.74) is 10.5. The van der Waals surface area contributed by atoms with Crippen LogP contribution in [0.2, 0.25) is 0 Å². The molecule has 238 valence electrons. The average Bonchev–Trinajstić information content (AvgIpc) is 3.66. The van der Waals surface area contributed by atoms with Crippen molar-refractivity contribution in [3.05, 3.63) is 94.3 Å². The van der Waals surface area contributed by atoms with Gasteiger partial charge in [-0.05, 0) is 55.2 Å². The van der Waals surface area contributed by atoms with Crippen LogP contribution in [-0.4, -0.2) is 59.6 Å². The number of rotatable bonds is 11. The molecule has 45 heavy (non-hydrogen) atoms. The topological polar surface area (TPSA) is 161 Å². The number of nitrogens with two attached hydrogens (primary N) is 1. The summed E-state index contributed by atoms with van der Waals surface area (Å²) >= 11 is 0. The molecule has 1 fully saturated rings. The van der Waals surface area contributed by atoms with Crippen LogP contribution in [-0.2, 0) is 34.0 Å². The zero-order chi connectivity index (χ0) is 32.5. The van der Waals surface area contributed by atoms with Crippen LogP contribution in [0, 0.1) is 11.2 Å². The number of carboxylic acids is 1. The van der Waals surface area contributed by atoms with E-state index in [9.17, 15) is 14.0 Å². The Labute approximate surface area is 261 Å². The highest BCUT2D eigenvalue weighted by Gasteiger charge is 2.37. The van der Waals surface area contributed by atoms with E-state index in [0.717, 1.165) is 44.1 Å². The number of nitrogens with one attached hydrogen (secondary N) is 3. The fourth-order valence-electron chi connectivity index (χ4n) is 5.30. The highest BCUT2D eigenvalue weighted by atomic mass is 19.1. The molecular weight excluding hydrogens is 579 g/mol. The first-order chi connectivity index (χ1) is 21.6. The fraction of sp³-hybridized carbons (Fsp3) is 0.333. The first-order valence-corrected chi connectivity index (χ1v) is 14.8. The summed E-state index contributed by atoms with van der Waals surface area (Å²) in [5.74, 6) is -1.94. The van der Waals surface area contributed by atoms with E-state index in [2.05, 4.69) is 15.5 Å². The Bertz CT molecular complexity index is 1550. The van der Waals surface area contributed by atoms with Gasteiger partial charge in [0.25, 0.3) is 17.8 Å². The Morgan fingerprint density at radius 2 is 1.78 bits per heavy atom. The lowest BCUT2D eigenvalue weighted by Gasteiger charge is -2.26. The normalized spacial score (nSPS) is 14.3. The molecule has 12 heteroatoms. The van der Waals surface area contributed by atoms with E-state index in [-0.39, 0.29) is 43.8 Å². The second-order valence-electron chi connectivity index (χ2n) is 10.7. The molecule has 3 aromatic rings. The monoisotopic (exact) mass is 618 g/mol. The van der Waals surface area contributed by atoms with E-state index < -0.39 is 18.1 Å². The number of carbonyl (C=O) groups is 3. The number of halogens is 1. The lowest BCUT2D eigenvalue weighted by atomic mass is 10.1. The molecule has 0 spiro atoms. The summed E-state index contributed by atoms with van der Waals surface area (Å²) in [6, 6.07) is 17.5. The van der Waals surface area contributed by atoms with Crippen molar-refractivity contribution in [1.82, 2.24) is 10.2 Å². The molecule has 0 bridgehead atoms. The summed E-state index contributed by atoms with van der Waals surface area (Å²) < 4.78 is 20.0. The lowest BCUT2D eigenvalue weighted by Crippen LogP contribution is -2.48. The molecule has 6 N–H and O–H groups in total. The van der Waals surface area contributed by atoms with Crippen LogP contribution in [0.15, 0.2) is 60.7 Å². The van der Waals surface area contributed by atoms with Gasteiger partial charge < -0.3 is 36.0 Å². The van der Waals surface area contributed by atoms with Gasteiger partial charge in [-0.2, -0.15) is 0 Å². The molecule has 2 aliphatic heterocycles. The van der Waals surface area contributed by atoms with Gasteiger partial charge in [-0.1, -0.05) is 36.4 Å². The van der Waals surface area contributed by atoms with Crippen LogP contribution in [0.3, 0.4) is 0 Å². The molecule has 1 saturated heterocycles. The summed E-state index contributed by atoms with van der Waals surface area (Å²) in [4.78, 5) is 39.6. The highest BCUT2D eigenvalue weighted by molar-refractivity contribution is 6.01. The maximum atomic E-state index is 14.2. The number of fused-ring (bicyclic) bond motifs is 1. The quantitative estimate of drug-likeness (QED) is 0.159. The number of carbonyl (C=O) groups excluding carboxylic acids is 2. The summed E-state index contributed by atoms with van der Waals surface area (Å²) in [6.07, 6.45) is 1.19. The molecule has 2 heterocycles. The van der Waals surface area contributed by atoms with Crippen LogP contribution in [0.5, 0.6) is 0 Å². The molecule has 0 aliphatic carbocycles. The van der Waals surface area contributed by atoms with E-state index in [0.29, 0.717) is 27.9 Å². The average molecular weight is 619 g/mol. The summed E-state index contributed by atoms with van der Waals surface area (Å²) in [7, 11) is 0. The molecule has 1 atom stereocenters. The minimum atomic E-state index is -1.10. The van der Waals surface area contributed by atoms with Gasteiger partial charge >= 0.3 is 0 Å². The molecule has 1 unspecified atom stereocenters. The van der Waals surface area contributed by atoms with E-state index in [1.807, 2.05) is 18.2 Å². The zero-order valence-corrected chi connectivity index (χ0v) is 25.4. The Morgan fingerprint density at radius 3 is 2.44 bits per heavy atom. The highest BCUT2D eigenvalue weighted by Crippen LogP contribution is 2.30. The number of carboxylic acid groups (broad SMARTS) is 1. The van der Waals surface area contributed by atoms with Crippen LogP contribution < -0.4 is 21.3 Å². The van der Waals surface area contributed by atoms with Crippen molar-refractivity contribution in [1.29, 1.82) is 5.41 Å². The Balaban J connectivity index is 0.00000109. The van der Waals surface area contributed by atoms with Crippen LogP contribution >= 0.6 is 0 Å². The Kier molecular flexibility index (Phi) is 11.1. The van der Waals surface area contributed by atoms with Gasteiger partial charge in [-0.15, -0.1) is 0 Å². The molecule has 0 saturated carbocycles. The van der Waals surface area contributed by atoms with Crippen molar-refractivity contribution in [2.24, 2.45) is 5.73 Å². The number of amidine groups is 1. The first-order valence-electron chi connectivity index (χ1n) is 14.8. The third-order valence-corrected chi connectivity index (χ3v) is 7.53. The van der Waals surface area contributed by atoms with Gasteiger partial charge in [0.15, 0.2) is 0 Å². The van der Waals surface area contributed by atoms with Gasteiger partial charge in [-0.25, -0.2) is 4.39 Å². The predicted octanol–water partition coefficient (Wildman–Crippen LogP) is 4.05. The molecule has 2 aliphatic rings. The summed E-state index contributed by atoms with van der Waals surface area (Å²) in [5, 5.41) is 21.3. The van der Waals surface area contributed by atoms with Crippen molar-refractivity contribution < 1.29 is 28.6 Å². The number of hydrogen-bond acceptors (Lipinski definition) is 7. The minimum Gasteiger partial charge on any atom is -0.481 e. The molecule has 0 aromatic heterocycles. The van der Waals surface area contributed by atoms with Crippen LogP contribution in [0.4, 0.5) is 15.8 Å². The van der Waals surface area contributed by atoms with Crippen molar-refractivity contribution >= 4 is 35.0 Å². The second kappa shape index (κ2) is 15.2. The number of ether oxygens (including phenoxy) is 1. The molecule has 3 aromatic carbocycles. The third-order valence-electron chi connectivity index (χ3n) is 7.53. The van der Waals surface area contributed by atoms with Gasteiger partial charge in [0, 0.05) is 74.3 Å². The number of nitrogens with zero attached hydrogens (tertiary/aromatic N) is 2. The number of aliphatic carboxylic acids is 1. The van der Waals surface area contributed by atoms with Crippen molar-refractivity contribution in [3.8, 4) is 0 Å². The van der Waals surface area contributed by atoms with Crippen molar-refractivity contribution in [3.63, 3.8) is 0 Å². The lowest BCUT2D eigenvalue weighted by molar-refractivity contribution is -0.143. The number of nitrogen functional groups attached to an aromatic ring is 1. The van der Waals surface area contributed by atoms with E-state index in [4.69, 9.17) is 25.8 Å². The Morgan fingerprint density at radius 1 is 1.07 bits per heavy atom. The fourth-order valence-corrected chi connectivity index (χ4v) is 5.30. The minimum absolute atomic E-state index is 0.106. The van der Waals surface area contributed by atoms with E-state index in [1.54, 1.807) is 43.3 Å². The van der Waals surface area contributed by atoms with Gasteiger partial charge in [0.05, 0.1) is 0 Å². The summed E-state index contributed by atoms with van der Waals surface area (Å²) in [6.45, 7) is 5.68. The predicted molar refractivity (Wildman–Crippen MR) is 170 cm³/mol. The van der Waals surface area contributed by atoms with Crippen molar-refractivity contribution in [2.75, 3.05) is 29.9 Å². The smallest absolute Gasteiger partial charge is 0.300 e. The standard InChI is InChI=1S/C31H35FN6O3.C2H4O2/c1-2-41-31(38-19-23-11-12-24(16-25(23)30(38)40)37-13-5-6-14-37)29(39)36-18-22-10-9-20(28(33)34)15-27(22)35-17-21-7-3-4-8-26(21)32;1-2(3)4/h3-4,7-12,15-16,31,35H,2,5-6,13-14,17-19H2,1H3,(H3,33,34)(H,36,39);1H3,(H,3,4). The number of anilines is 2. The molecule has 11 nitrogen and oxygen atoms in total. The second-order valence-corrected chi connectivity index (χ2v) is 10.7. The van der Waals surface area contributed by atoms with Crippen LogP contribution in [0.25, 0.3) is 0 Å². The van der Waals surface area contributed by atoms with Crippen LogP contribution in [0.1, 0.15) is 59.3 Å². The molecule has 0 radical (unpaired) electrons. The van der Waals surface area contributed by atoms with E-state index >= 15 is 0 Å².